The lowest BCUT2D eigenvalue weighted by atomic mass is 10.0. The van der Waals surface area contributed by atoms with Gasteiger partial charge in [0.1, 0.15) is 0 Å². The fourth-order valence-electron chi connectivity index (χ4n) is 2.59. The van der Waals surface area contributed by atoms with Crippen molar-refractivity contribution in [1.82, 2.24) is 10.2 Å². The summed E-state index contributed by atoms with van der Waals surface area (Å²) in [5.41, 5.74) is 3.16. The molecule has 0 aliphatic rings. The molecule has 120 valence electrons. The van der Waals surface area contributed by atoms with Crippen LogP contribution in [-0.2, 0) is 13.0 Å². The van der Waals surface area contributed by atoms with E-state index in [0.717, 1.165) is 32.0 Å². The maximum Gasteiger partial charge on any atom is 0.0236 e. The minimum Gasteiger partial charge on any atom is -0.312 e. The van der Waals surface area contributed by atoms with E-state index < -0.39 is 0 Å². The zero-order valence-electron chi connectivity index (χ0n) is 14.9. The molecule has 0 saturated heterocycles. The highest BCUT2D eigenvalue weighted by Gasteiger charge is 2.11. The summed E-state index contributed by atoms with van der Waals surface area (Å²) >= 11 is 0. The largest absolute Gasteiger partial charge is 0.312 e. The second-order valence-electron chi connectivity index (χ2n) is 7.42. The standard InChI is InChI=1S/C19H34N2/c1-7-21(14-16(2)3)15-18-11-9-8-10-17(18)12-13-20-19(4,5)6/h8-11,16,20H,7,12-15H2,1-6H3. The van der Waals surface area contributed by atoms with Gasteiger partial charge in [-0.25, -0.2) is 0 Å². The van der Waals surface area contributed by atoms with Gasteiger partial charge in [-0.2, -0.15) is 0 Å². The number of nitrogens with zero attached hydrogens (tertiary/aromatic N) is 1. The van der Waals surface area contributed by atoms with Crippen LogP contribution in [0.15, 0.2) is 24.3 Å². The summed E-state index contributed by atoms with van der Waals surface area (Å²) < 4.78 is 0. The quantitative estimate of drug-likeness (QED) is 0.775. The smallest absolute Gasteiger partial charge is 0.0236 e. The van der Waals surface area contributed by atoms with Gasteiger partial charge < -0.3 is 5.32 Å². The molecule has 1 aromatic carbocycles. The topological polar surface area (TPSA) is 15.3 Å². The molecule has 2 nitrogen and oxygen atoms in total. The van der Waals surface area contributed by atoms with Gasteiger partial charge >= 0.3 is 0 Å². The van der Waals surface area contributed by atoms with E-state index in [9.17, 15) is 0 Å². The molecule has 0 bridgehead atoms. The Balaban J connectivity index is 2.65. The monoisotopic (exact) mass is 290 g/mol. The molecule has 0 spiro atoms. The van der Waals surface area contributed by atoms with Crippen LogP contribution < -0.4 is 5.32 Å². The first-order valence-electron chi connectivity index (χ1n) is 8.36. The normalized spacial score (nSPS) is 12.4. The van der Waals surface area contributed by atoms with Crippen molar-refractivity contribution in [1.29, 1.82) is 0 Å². The van der Waals surface area contributed by atoms with E-state index in [-0.39, 0.29) is 5.54 Å². The average Bonchev–Trinajstić information content (AvgIpc) is 2.38. The maximum absolute atomic E-state index is 3.58. The number of hydrogen-bond donors (Lipinski definition) is 1. The summed E-state index contributed by atoms with van der Waals surface area (Å²) in [5, 5.41) is 3.58. The van der Waals surface area contributed by atoms with E-state index in [0.29, 0.717) is 0 Å². The van der Waals surface area contributed by atoms with Crippen molar-refractivity contribution in [2.24, 2.45) is 5.92 Å². The summed E-state index contributed by atoms with van der Waals surface area (Å²) in [6.45, 7) is 17.9. The van der Waals surface area contributed by atoms with Crippen molar-refractivity contribution in [2.75, 3.05) is 19.6 Å². The Morgan fingerprint density at radius 1 is 1.10 bits per heavy atom. The zero-order valence-corrected chi connectivity index (χ0v) is 14.9. The summed E-state index contributed by atoms with van der Waals surface area (Å²) in [7, 11) is 0. The van der Waals surface area contributed by atoms with Gasteiger partial charge in [-0.3, -0.25) is 4.90 Å². The third-order valence-electron chi connectivity index (χ3n) is 3.63. The van der Waals surface area contributed by atoms with E-state index in [1.807, 2.05) is 0 Å². The Kier molecular flexibility index (Phi) is 7.41. The van der Waals surface area contributed by atoms with Crippen molar-refractivity contribution in [3.05, 3.63) is 35.4 Å². The molecule has 0 amide bonds. The fraction of sp³-hybridized carbons (Fsp3) is 0.684. The van der Waals surface area contributed by atoms with Crippen molar-refractivity contribution in [3.63, 3.8) is 0 Å². The molecule has 1 rings (SSSR count). The minimum atomic E-state index is 0.196. The number of benzene rings is 1. The predicted molar refractivity (Wildman–Crippen MR) is 93.7 cm³/mol. The molecule has 0 aliphatic carbocycles. The van der Waals surface area contributed by atoms with Crippen LogP contribution >= 0.6 is 0 Å². The van der Waals surface area contributed by atoms with Crippen molar-refractivity contribution < 1.29 is 0 Å². The van der Waals surface area contributed by atoms with Crippen LogP contribution in [0.2, 0.25) is 0 Å². The third kappa shape index (κ3) is 7.63. The predicted octanol–water partition coefficient (Wildman–Crippen LogP) is 4.10. The summed E-state index contributed by atoms with van der Waals surface area (Å²) in [6, 6.07) is 8.90. The zero-order chi connectivity index (χ0) is 15.9. The lowest BCUT2D eigenvalue weighted by Gasteiger charge is -2.24. The highest BCUT2D eigenvalue weighted by molar-refractivity contribution is 5.27. The Bertz CT molecular complexity index is 404. The van der Waals surface area contributed by atoms with Crippen LogP contribution in [0.1, 0.15) is 52.7 Å². The van der Waals surface area contributed by atoms with Gasteiger partial charge in [-0.1, -0.05) is 45.0 Å². The first-order valence-corrected chi connectivity index (χ1v) is 8.36. The molecule has 0 radical (unpaired) electrons. The number of rotatable bonds is 8. The van der Waals surface area contributed by atoms with E-state index in [2.05, 4.69) is 76.0 Å². The minimum absolute atomic E-state index is 0.196. The summed E-state index contributed by atoms with van der Waals surface area (Å²) in [6.07, 6.45) is 1.10. The number of hydrogen-bond acceptors (Lipinski definition) is 2. The summed E-state index contributed by atoms with van der Waals surface area (Å²) in [5.74, 6) is 0.722. The van der Waals surface area contributed by atoms with E-state index >= 15 is 0 Å². The maximum atomic E-state index is 3.58. The molecular formula is C19H34N2. The van der Waals surface area contributed by atoms with E-state index in [1.54, 1.807) is 0 Å². The fourth-order valence-corrected chi connectivity index (χ4v) is 2.59. The van der Waals surface area contributed by atoms with Gasteiger partial charge in [0, 0.05) is 18.6 Å². The third-order valence-corrected chi connectivity index (χ3v) is 3.63. The lowest BCUT2D eigenvalue weighted by molar-refractivity contribution is 0.247. The Morgan fingerprint density at radius 3 is 2.24 bits per heavy atom. The van der Waals surface area contributed by atoms with Crippen LogP contribution in [0, 0.1) is 5.92 Å². The van der Waals surface area contributed by atoms with Crippen LogP contribution in [-0.4, -0.2) is 30.1 Å². The molecule has 0 aromatic heterocycles. The second kappa shape index (κ2) is 8.55. The molecule has 2 heteroatoms. The van der Waals surface area contributed by atoms with Gasteiger partial charge in [-0.15, -0.1) is 0 Å². The average molecular weight is 290 g/mol. The highest BCUT2D eigenvalue weighted by Crippen LogP contribution is 2.14. The Morgan fingerprint density at radius 2 is 1.71 bits per heavy atom. The molecule has 21 heavy (non-hydrogen) atoms. The van der Waals surface area contributed by atoms with Gasteiger partial charge in [0.15, 0.2) is 0 Å². The van der Waals surface area contributed by atoms with Crippen molar-refractivity contribution in [2.45, 2.75) is 60.0 Å². The molecule has 0 unspecified atom stereocenters. The molecule has 0 aliphatic heterocycles. The molecule has 1 aromatic rings. The number of nitrogens with one attached hydrogen (secondary N) is 1. The molecule has 0 atom stereocenters. The van der Waals surface area contributed by atoms with Crippen LogP contribution in [0.25, 0.3) is 0 Å². The second-order valence-corrected chi connectivity index (χ2v) is 7.42. The first kappa shape index (κ1) is 18.2. The van der Waals surface area contributed by atoms with Crippen LogP contribution in [0.4, 0.5) is 0 Å². The highest BCUT2D eigenvalue weighted by atomic mass is 15.1. The molecule has 0 heterocycles. The SMILES string of the molecule is CCN(Cc1ccccc1CCNC(C)(C)C)CC(C)C. The van der Waals surface area contributed by atoms with Crippen LogP contribution in [0.3, 0.4) is 0 Å². The van der Waals surface area contributed by atoms with Crippen molar-refractivity contribution in [3.8, 4) is 0 Å². The Labute approximate surface area is 131 Å². The van der Waals surface area contributed by atoms with Crippen molar-refractivity contribution >= 4 is 0 Å². The van der Waals surface area contributed by atoms with E-state index in [4.69, 9.17) is 0 Å². The molecular weight excluding hydrogens is 256 g/mol. The molecule has 0 saturated carbocycles. The Hall–Kier alpha value is -0.860. The summed E-state index contributed by atoms with van der Waals surface area (Å²) in [4.78, 5) is 2.54. The van der Waals surface area contributed by atoms with Crippen LogP contribution in [0.5, 0.6) is 0 Å². The lowest BCUT2D eigenvalue weighted by Crippen LogP contribution is -2.37. The molecule has 0 fully saturated rings. The molecule has 1 N–H and O–H groups in total. The van der Waals surface area contributed by atoms with E-state index in [1.165, 1.54) is 17.7 Å². The first-order chi connectivity index (χ1) is 9.81. The van der Waals surface area contributed by atoms with Gasteiger partial charge in [0.05, 0.1) is 0 Å². The van der Waals surface area contributed by atoms with Gasteiger partial charge in [0.25, 0.3) is 0 Å². The van der Waals surface area contributed by atoms with Gasteiger partial charge in [-0.05, 0) is 57.3 Å². The van der Waals surface area contributed by atoms with Gasteiger partial charge in [0.2, 0.25) is 0 Å².